The van der Waals surface area contributed by atoms with Crippen LogP contribution in [0.3, 0.4) is 0 Å². The molecule has 0 unspecified atom stereocenters. The van der Waals surface area contributed by atoms with Gasteiger partial charge >= 0.3 is 6.09 Å². The predicted molar refractivity (Wildman–Crippen MR) is 175 cm³/mol. The molecule has 1 spiro atoms. The van der Waals surface area contributed by atoms with Crippen LogP contribution < -0.4 is 4.74 Å². The lowest BCUT2D eigenvalue weighted by molar-refractivity contribution is 0.0166. The number of hydrogen-bond donors (Lipinski definition) is 0. The molecule has 7 heteroatoms. The number of carbonyl (C=O) groups is 1. The minimum atomic E-state index is -2.96. The van der Waals surface area contributed by atoms with Crippen molar-refractivity contribution in [1.82, 2.24) is 19.7 Å². The average molecular weight is 602 g/mol. The number of hydrogen-bond acceptors (Lipinski definition) is 6. The van der Waals surface area contributed by atoms with Crippen LogP contribution in [0.4, 0.5) is 4.79 Å². The van der Waals surface area contributed by atoms with Crippen LogP contribution in [-0.2, 0) is 23.2 Å². The summed E-state index contributed by atoms with van der Waals surface area (Å²) in [7, 11) is 0. The number of nitrogens with zero attached hydrogens (tertiary/aromatic N) is 4. The summed E-state index contributed by atoms with van der Waals surface area (Å²) in [4.78, 5) is 25.2. The number of likely N-dealkylation sites (tertiary alicyclic amines) is 2. The summed E-state index contributed by atoms with van der Waals surface area (Å²) in [6.07, 6.45) is 3.55. The van der Waals surface area contributed by atoms with Crippen LogP contribution in [-0.4, -0.2) is 76.7 Å². The molecule has 1 amide bonds. The molecule has 4 heterocycles. The molecule has 7 nitrogen and oxygen atoms in total. The van der Waals surface area contributed by atoms with Gasteiger partial charge in [0.25, 0.3) is 0 Å². The zero-order valence-electron chi connectivity index (χ0n) is 31.2. The third-order valence-electron chi connectivity index (χ3n) is 9.31. The van der Waals surface area contributed by atoms with Crippen LogP contribution in [0.1, 0.15) is 77.0 Å². The Balaban J connectivity index is 1.30. The molecule has 234 valence electrons. The maximum atomic E-state index is 13.2. The second-order valence-electron chi connectivity index (χ2n) is 13.6. The van der Waals surface area contributed by atoms with Gasteiger partial charge in [0.15, 0.2) is 0 Å². The minimum absolute atomic E-state index is 0.0473. The highest BCUT2D eigenvalue weighted by molar-refractivity contribution is 5.69. The molecular formula is C37H48N4O3. The number of amides is 1. The van der Waals surface area contributed by atoms with Gasteiger partial charge in [-0.25, -0.2) is 4.79 Å². The predicted octanol–water partition coefficient (Wildman–Crippen LogP) is 6.90. The van der Waals surface area contributed by atoms with Crippen LogP contribution in [0, 0.1) is 0 Å². The fourth-order valence-electron chi connectivity index (χ4n) is 7.28. The number of piperidine rings is 1. The van der Waals surface area contributed by atoms with Gasteiger partial charge in [-0.2, -0.15) is 0 Å². The van der Waals surface area contributed by atoms with Crippen molar-refractivity contribution in [3.05, 3.63) is 83.6 Å². The molecule has 0 aliphatic carbocycles. The lowest BCUT2D eigenvalue weighted by Gasteiger charge is -2.49. The topological polar surface area (TPSA) is 58.1 Å². The Morgan fingerprint density at radius 2 is 1.80 bits per heavy atom. The standard InChI is InChI=1S/C37H48N4O3/c1-5-43-34-16-10-9-15-30(34)32-18-17-31-33(38-32)26-40(25-29-14-11-21-41(29)35(42)44-36(2,3)4)27-37(31)19-22-39(23-20-37)24-28-12-7-6-8-13-28/h6-10,12-13,15-18,29H,5,11,14,19-27H2,1-4H3/t29-/m1/s1/i1D3,5D2. The van der Waals surface area contributed by atoms with E-state index in [9.17, 15) is 4.79 Å². The van der Waals surface area contributed by atoms with Crippen LogP contribution in [0.2, 0.25) is 0 Å². The van der Waals surface area contributed by atoms with Crippen LogP contribution >= 0.6 is 0 Å². The quantitative estimate of drug-likeness (QED) is 0.294. The molecular weight excluding hydrogens is 548 g/mol. The van der Waals surface area contributed by atoms with Gasteiger partial charge in [0.1, 0.15) is 11.4 Å². The SMILES string of the molecule is [2H]C([2H])([2H])C([2H])([2H])Oc1ccccc1-c1ccc2c(n1)CN(C[C@H]1CCCN1C(=O)OC(C)(C)C)CC21CCN(Cc2ccccc2)CC1. The van der Waals surface area contributed by atoms with Crippen molar-refractivity contribution in [2.24, 2.45) is 0 Å². The first-order valence-electron chi connectivity index (χ1n) is 18.4. The van der Waals surface area contributed by atoms with E-state index in [0.29, 0.717) is 24.3 Å². The molecule has 44 heavy (non-hydrogen) atoms. The van der Waals surface area contributed by atoms with Crippen molar-refractivity contribution >= 4 is 6.09 Å². The van der Waals surface area contributed by atoms with E-state index in [1.807, 2.05) is 43.9 Å². The van der Waals surface area contributed by atoms with Gasteiger partial charge in [0, 0.05) is 53.9 Å². The third-order valence-corrected chi connectivity index (χ3v) is 9.31. The number of para-hydroxylation sites is 1. The molecule has 1 aromatic heterocycles. The summed E-state index contributed by atoms with van der Waals surface area (Å²) in [5, 5.41) is 0. The molecule has 0 bridgehead atoms. The van der Waals surface area contributed by atoms with Gasteiger partial charge in [0.05, 0.1) is 20.7 Å². The van der Waals surface area contributed by atoms with E-state index >= 15 is 0 Å². The highest BCUT2D eigenvalue weighted by Gasteiger charge is 2.44. The van der Waals surface area contributed by atoms with Crippen molar-refractivity contribution in [1.29, 1.82) is 0 Å². The Morgan fingerprint density at radius 3 is 2.57 bits per heavy atom. The number of carbonyl (C=O) groups excluding carboxylic acids is 1. The number of pyridine rings is 1. The fourth-order valence-corrected chi connectivity index (χ4v) is 7.28. The molecule has 2 saturated heterocycles. The molecule has 2 aromatic carbocycles. The van der Waals surface area contributed by atoms with Gasteiger partial charge in [0.2, 0.25) is 0 Å². The highest BCUT2D eigenvalue weighted by atomic mass is 16.6. The van der Waals surface area contributed by atoms with Crippen molar-refractivity contribution in [3.63, 3.8) is 0 Å². The van der Waals surface area contributed by atoms with Crippen LogP contribution in [0.5, 0.6) is 5.75 Å². The number of rotatable bonds is 7. The molecule has 1 atom stereocenters. The molecule has 3 aromatic rings. The summed E-state index contributed by atoms with van der Waals surface area (Å²) in [5.74, 6) is 0.131. The summed E-state index contributed by atoms with van der Waals surface area (Å²) in [5.41, 5.74) is 3.96. The summed E-state index contributed by atoms with van der Waals surface area (Å²) >= 11 is 0. The Kier molecular flexibility index (Phi) is 7.28. The summed E-state index contributed by atoms with van der Waals surface area (Å²) in [6, 6.07) is 21.6. The fraction of sp³-hybridized carbons (Fsp3) is 0.514. The molecule has 0 saturated carbocycles. The number of benzene rings is 2. The molecule has 0 radical (unpaired) electrons. The monoisotopic (exact) mass is 601 g/mol. The Morgan fingerprint density at radius 1 is 1.02 bits per heavy atom. The molecule has 3 aliphatic rings. The second kappa shape index (κ2) is 12.9. The third kappa shape index (κ3) is 6.79. The van der Waals surface area contributed by atoms with E-state index in [4.69, 9.17) is 21.3 Å². The first-order valence-corrected chi connectivity index (χ1v) is 15.9. The largest absolute Gasteiger partial charge is 0.493 e. The van der Waals surface area contributed by atoms with Gasteiger partial charge in [-0.1, -0.05) is 48.5 Å². The van der Waals surface area contributed by atoms with Crippen LogP contribution in [0.15, 0.2) is 66.7 Å². The molecule has 2 fully saturated rings. The summed E-state index contributed by atoms with van der Waals surface area (Å²) < 4.78 is 50.4. The van der Waals surface area contributed by atoms with Crippen molar-refractivity contribution < 1.29 is 21.1 Å². The molecule has 6 rings (SSSR count). The highest BCUT2D eigenvalue weighted by Crippen LogP contribution is 2.43. The van der Waals surface area contributed by atoms with Crippen molar-refractivity contribution in [2.75, 3.05) is 39.3 Å². The summed E-state index contributed by atoms with van der Waals surface area (Å²) in [6.45, 7) is 5.58. The van der Waals surface area contributed by atoms with E-state index in [2.05, 4.69) is 40.1 Å². The zero-order chi connectivity index (χ0) is 35.0. The lowest BCUT2D eigenvalue weighted by Crippen LogP contribution is -2.54. The van der Waals surface area contributed by atoms with E-state index in [1.165, 1.54) is 11.1 Å². The van der Waals surface area contributed by atoms with Crippen molar-refractivity contribution in [3.8, 4) is 17.0 Å². The van der Waals surface area contributed by atoms with Crippen LogP contribution in [0.25, 0.3) is 11.3 Å². The number of ether oxygens (including phenoxy) is 2. The first-order chi connectivity index (χ1) is 23.1. The second-order valence-corrected chi connectivity index (χ2v) is 13.6. The minimum Gasteiger partial charge on any atom is -0.493 e. The number of fused-ring (bicyclic) bond motifs is 2. The van der Waals surface area contributed by atoms with E-state index in [-0.39, 0.29) is 23.3 Å². The van der Waals surface area contributed by atoms with Crippen molar-refractivity contribution in [2.45, 2.75) is 83.5 Å². The normalized spacial score (nSPS) is 22.8. The maximum Gasteiger partial charge on any atom is 0.410 e. The van der Waals surface area contributed by atoms with Gasteiger partial charge < -0.3 is 14.4 Å². The van der Waals surface area contributed by atoms with E-state index in [1.54, 1.807) is 18.2 Å². The smallest absolute Gasteiger partial charge is 0.410 e. The van der Waals surface area contributed by atoms with Gasteiger partial charge in [-0.3, -0.25) is 14.8 Å². The lowest BCUT2D eigenvalue weighted by atomic mass is 9.69. The zero-order valence-corrected chi connectivity index (χ0v) is 26.2. The van der Waals surface area contributed by atoms with E-state index in [0.717, 1.165) is 64.1 Å². The average Bonchev–Trinajstić information content (AvgIpc) is 3.49. The van der Waals surface area contributed by atoms with E-state index < -0.39 is 19.0 Å². The molecule has 3 aliphatic heterocycles. The van der Waals surface area contributed by atoms with Gasteiger partial charge in [-0.05, 0) is 95.7 Å². The number of aromatic nitrogens is 1. The maximum absolute atomic E-state index is 13.2. The Bertz CT molecular complexity index is 1620. The Labute approximate surface area is 270 Å². The molecule has 0 N–H and O–H groups in total. The first kappa shape index (κ1) is 24.8. The van der Waals surface area contributed by atoms with Gasteiger partial charge in [-0.15, -0.1) is 0 Å². The Hall–Kier alpha value is -3.42.